The van der Waals surface area contributed by atoms with Gasteiger partial charge in [0.05, 0.1) is 16.8 Å². The molecule has 0 aliphatic carbocycles. The molecule has 6 aromatic rings. The van der Waals surface area contributed by atoms with Gasteiger partial charge in [0, 0.05) is 55.7 Å². The number of aldehydes is 1. The quantitative estimate of drug-likeness (QED) is 0.227. The number of nitrogens with zero attached hydrogens (tertiary/aromatic N) is 6. The number of carbonyl (C=O) groups is 2. The van der Waals surface area contributed by atoms with Crippen LogP contribution in [0.1, 0.15) is 26.3 Å². The molecule has 4 heterocycles. The van der Waals surface area contributed by atoms with E-state index in [1.165, 1.54) is 24.3 Å². The number of aromatic hydroxyl groups is 1. The number of nitrogens with two attached hydrogens (primary N) is 1. The molecule has 11 heteroatoms. The van der Waals surface area contributed by atoms with Crippen molar-refractivity contribution in [2.75, 3.05) is 31.9 Å². The van der Waals surface area contributed by atoms with Gasteiger partial charge >= 0.3 is 0 Å². The summed E-state index contributed by atoms with van der Waals surface area (Å²) in [4.78, 5) is 42.2. The minimum Gasteiger partial charge on any atom is -0.507 e. The Labute approximate surface area is 269 Å². The van der Waals surface area contributed by atoms with Crippen molar-refractivity contribution in [3.8, 4) is 34.1 Å². The first-order valence-corrected chi connectivity index (χ1v) is 15.1. The highest BCUT2D eigenvalue weighted by atomic mass is 19.1. The van der Waals surface area contributed by atoms with Gasteiger partial charge in [-0.05, 0) is 84.4 Å². The van der Waals surface area contributed by atoms with Gasteiger partial charge in [0.2, 0.25) is 0 Å². The van der Waals surface area contributed by atoms with Crippen LogP contribution in [0.2, 0.25) is 0 Å². The molecule has 3 aromatic heterocycles. The maximum Gasteiger partial charge on any atom is 0.254 e. The first-order valence-electron chi connectivity index (χ1n) is 15.1. The van der Waals surface area contributed by atoms with E-state index in [0.717, 1.165) is 16.8 Å². The maximum atomic E-state index is 13.6. The second-order valence-electron chi connectivity index (χ2n) is 11.4. The van der Waals surface area contributed by atoms with Crippen LogP contribution in [0.4, 0.5) is 10.2 Å². The SMILES string of the molecule is Nc1ncccc1-c1nc2ccc(-c3ccc(F)cc3)nc2n1-c1ccc(CN2CCN(C(=O)c3ccc(C=O)c(O)c3)CC2)cc1. The second-order valence-corrected chi connectivity index (χ2v) is 11.4. The molecule has 3 aromatic carbocycles. The fourth-order valence-corrected chi connectivity index (χ4v) is 5.85. The minimum absolute atomic E-state index is 0.155. The number of pyridine rings is 2. The van der Waals surface area contributed by atoms with E-state index in [9.17, 15) is 19.1 Å². The molecule has 1 saturated heterocycles. The first-order chi connectivity index (χ1) is 22.9. The van der Waals surface area contributed by atoms with Crippen LogP contribution in [-0.2, 0) is 6.54 Å². The van der Waals surface area contributed by atoms with Crippen LogP contribution >= 0.6 is 0 Å². The number of aromatic nitrogens is 4. The van der Waals surface area contributed by atoms with Gasteiger partial charge in [0.25, 0.3) is 5.91 Å². The molecule has 1 aliphatic rings. The molecule has 1 amide bonds. The maximum absolute atomic E-state index is 13.6. The van der Waals surface area contributed by atoms with Gasteiger partial charge in [-0.3, -0.25) is 19.1 Å². The highest BCUT2D eigenvalue weighted by Crippen LogP contribution is 2.32. The molecule has 0 radical (unpaired) electrons. The topological polar surface area (TPSA) is 130 Å². The number of hydrogen-bond acceptors (Lipinski definition) is 8. The van der Waals surface area contributed by atoms with Crippen LogP contribution in [0.15, 0.2) is 97.2 Å². The van der Waals surface area contributed by atoms with E-state index in [2.05, 4.69) is 22.0 Å². The lowest BCUT2D eigenvalue weighted by molar-refractivity contribution is 0.0628. The van der Waals surface area contributed by atoms with Crippen molar-refractivity contribution in [3.63, 3.8) is 0 Å². The molecular weight excluding hydrogens is 597 g/mol. The summed E-state index contributed by atoms with van der Waals surface area (Å²) in [5.74, 6) is 0.282. The van der Waals surface area contributed by atoms with Crippen LogP contribution in [0.3, 0.4) is 0 Å². The van der Waals surface area contributed by atoms with E-state index >= 15 is 0 Å². The number of phenolic OH excluding ortho intramolecular Hbond substituents is 1. The Morgan fingerprint density at radius 1 is 0.915 bits per heavy atom. The number of carbonyl (C=O) groups excluding carboxylic acids is 2. The summed E-state index contributed by atoms with van der Waals surface area (Å²) in [7, 11) is 0. The second kappa shape index (κ2) is 12.5. The molecule has 0 atom stereocenters. The van der Waals surface area contributed by atoms with Crippen LogP contribution in [0.5, 0.6) is 5.75 Å². The summed E-state index contributed by atoms with van der Waals surface area (Å²) in [5, 5.41) is 9.99. The number of rotatable bonds is 7. The molecule has 1 fully saturated rings. The lowest BCUT2D eigenvalue weighted by Crippen LogP contribution is -2.48. The number of phenols is 1. The van der Waals surface area contributed by atoms with E-state index in [4.69, 9.17) is 15.7 Å². The number of halogens is 1. The summed E-state index contributed by atoms with van der Waals surface area (Å²) >= 11 is 0. The number of anilines is 1. The van der Waals surface area contributed by atoms with Gasteiger partial charge in [-0.2, -0.15) is 0 Å². The van der Waals surface area contributed by atoms with E-state index in [1.807, 2.05) is 41.0 Å². The summed E-state index contributed by atoms with van der Waals surface area (Å²) < 4.78 is 15.6. The van der Waals surface area contributed by atoms with E-state index < -0.39 is 0 Å². The Bertz CT molecular complexity index is 2100. The van der Waals surface area contributed by atoms with E-state index in [0.29, 0.717) is 78.6 Å². The van der Waals surface area contributed by atoms with Gasteiger partial charge in [-0.25, -0.2) is 19.3 Å². The standard InChI is InChI=1S/C36H30FN7O3/c37-27-9-7-24(8-10-27)30-13-14-31-35(40-30)44(34(41-31)29-2-1-15-39-33(29)38)28-11-3-23(4-12-28)21-42-16-18-43(19-17-42)36(47)25-5-6-26(22-45)32(46)20-25/h1-15,20,22,46H,16-19,21H2,(H2,38,39). The van der Waals surface area contributed by atoms with Crippen molar-refractivity contribution < 1.29 is 19.1 Å². The summed E-state index contributed by atoms with van der Waals surface area (Å²) in [6.45, 7) is 3.19. The third kappa shape index (κ3) is 5.91. The van der Waals surface area contributed by atoms with E-state index in [1.54, 1.807) is 29.3 Å². The van der Waals surface area contributed by atoms with Gasteiger partial charge in [0.1, 0.15) is 22.9 Å². The van der Waals surface area contributed by atoms with Crippen molar-refractivity contribution in [1.82, 2.24) is 29.3 Å². The van der Waals surface area contributed by atoms with Crippen molar-refractivity contribution in [1.29, 1.82) is 0 Å². The Morgan fingerprint density at radius 3 is 2.38 bits per heavy atom. The van der Waals surface area contributed by atoms with Crippen LogP contribution in [0, 0.1) is 5.82 Å². The zero-order valence-corrected chi connectivity index (χ0v) is 25.3. The molecule has 234 valence electrons. The molecule has 0 spiro atoms. The lowest BCUT2D eigenvalue weighted by atomic mass is 10.1. The highest BCUT2D eigenvalue weighted by molar-refractivity contribution is 5.96. The number of nitrogen functional groups attached to an aromatic ring is 1. The summed E-state index contributed by atoms with van der Waals surface area (Å²) in [5.41, 5.74) is 12.2. The van der Waals surface area contributed by atoms with Gasteiger partial charge in [-0.1, -0.05) is 12.1 Å². The fourth-order valence-electron chi connectivity index (χ4n) is 5.85. The lowest BCUT2D eigenvalue weighted by Gasteiger charge is -2.34. The predicted octanol–water partition coefficient (Wildman–Crippen LogP) is 5.35. The minimum atomic E-state index is -0.312. The zero-order chi connectivity index (χ0) is 32.5. The molecule has 7 rings (SSSR count). The monoisotopic (exact) mass is 627 g/mol. The Morgan fingerprint density at radius 2 is 1.68 bits per heavy atom. The molecule has 0 saturated carbocycles. The molecule has 47 heavy (non-hydrogen) atoms. The third-order valence-electron chi connectivity index (χ3n) is 8.39. The Balaban J connectivity index is 1.12. The number of benzene rings is 3. The predicted molar refractivity (Wildman–Crippen MR) is 177 cm³/mol. The van der Waals surface area contributed by atoms with Gasteiger partial charge in [0.15, 0.2) is 17.8 Å². The number of piperazine rings is 1. The number of fused-ring (bicyclic) bond motifs is 1. The normalized spacial score (nSPS) is 13.6. The summed E-state index contributed by atoms with van der Waals surface area (Å²) in [6.07, 6.45) is 2.20. The van der Waals surface area contributed by atoms with Crippen LogP contribution in [0.25, 0.3) is 39.5 Å². The molecule has 10 nitrogen and oxygen atoms in total. The molecular formula is C36H30FN7O3. The molecule has 3 N–H and O–H groups in total. The number of amides is 1. The zero-order valence-electron chi connectivity index (χ0n) is 25.3. The van der Waals surface area contributed by atoms with Crippen LogP contribution < -0.4 is 5.73 Å². The van der Waals surface area contributed by atoms with Crippen molar-refractivity contribution >= 4 is 29.2 Å². The van der Waals surface area contributed by atoms with Crippen molar-refractivity contribution in [2.24, 2.45) is 0 Å². The van der Waals surface area contributed by atoms with Gasteiger partial charge in [-0.15, -0.1) is 0 Å². The molecule has 0 unspecified atom stereocenters. The molecule has 0 bridgehead atoms. The molecule has 1 aliphatic heterocycles. The first kappa shape index (κ1) is 29.8. The summed E-state index contributed by atoms with van der Waals surface area (Å²) in [6, 6.07) is 26.2. The van der Waals surface area contributed by atoms with E-state index in [-0.39, 0.29) is 23.0 Å². The van der Waals surface area contributed by atoms with Crippen molar-refractivity contribution in [3.05, 3.63) is 120 Å². The van der Waals surface area contributed by atoms with Gasteiger partial charge < -0.3 is 15.7 Å². The Kier molecular flexibility index (Phi) is 7.88. The largest absolute Gasteiger partial charge is 0.507 e. The highest BCUT2D eigenvalue weighted by Gasteiger charge is 2.23. The Hall–Kier alpha value is -5.94. The van der Waals surface area contributed by atoms with Crippen molar-refractivity contribution in [2.45, 2.75) is 6.54 Å². The fraction of sp³-hybridized carbons (Fsp3) is 0.139. The van der Waals surface area contributed by atoms with Crippen LogP contribution in [-0.4, -0.2) is 72.8 Å². The average Bonchev–Trinajstić information content (AvgIpc) is 3.48. The third-order valence-corrected chi connectivity index (χ3v) is 8.39. The average molecular weight is 628 g/mol. The number of hydrogen-bond donors (Lipinski definition) is 2. The number of imidazole rings is 1. The smallest absolute Gasteiger partial charge is 0.254 e.